The lowest BCUT2D eigenvalue weighted by atomic mass is 10.0. The molecule has 6 nitrogen and oxygen atoms in total. The molecule has 0 atom stereocenters. The molecular weight excluding hydrogens is 352 g/mol. The fraction of sp³-hybridized carbons (Fsp3) is 0.316. The molecule has 0 unspecified atom stereocenters. The van der Waals surface area contributed by atoms with Crippen LogP contribution in [0.25, 0.3) is 0 Å². The van der Waals surface area contributed by atoms with Gasteiger partial charge in [-0.3, -0.25) is 10.2 Å². The predicted molar refractivity (Wildman–Crippen MR) is 101 cm³/mol. The molecule has 7 heteroatoms. The summed E-state index contributed by atoms with van der Waals surface area (Å²) < 4.78 is 30.1. The summed E-state index contributed by atoms with van der Waals surface area (Å²) in [5.74, 6) is 0.396. The Labute approximate surface area is 154 Å². The van der Waals surface area contributed by atoms with Gasteiger partial charge in [-0.25, -0.2) is 8.42 Å². The number of hydrogen-bond acceptors (Lipinski definition) is 4. The highest BCUT2D eigenvalue weighted by Gasteiger charge is 2.16. The number of carbonyl (C=O) groups is 1. The average Bonchev–Trinajstić information content (AvgIpc) is 2.60. The van der Waals surface area contributed by atoms with Crippen molar-refractivity contribution in [3.05, 3.63) is 59.7 Å². The molecule has 0 bridgehead atoms. The van der Waals surface area contributed by atoms with Gasteiger partial charge in [-0.05, 0) is 61.7 Å². The summed E-state index contributed by atoms with van der Waals surface area (Å²) >= 11 is 0. The Morgan fingerprint density at radius 1 is 0.923 bits per heavy atom. The summed E-state index contributed by atoms with van der Waals surface area (Å²) in [6.45, 7) is 7.87. The second-order valence-electron chi connectivity index (χ2n) is 6.47. The fourth-order valence-corrected chi connectivity index (χ4v) is 3.07. The molecule has 0 aliphatic carbocycles. The number of carbonyl (C=O) groups excluding carboxylic acids is 1. The quantitative estimate of drug-likeness (QED) is 0.727. The Bertz CT molecular complexity index is 842. The molecule has 0 aliphatic rings. The first-order valence-electron chi connectivity index (χ1n) is 8.38. The van der Waals surface area contributed by atoms with E-state index in [-0.39, 0.29) is 11.0 Å². The van der Waals surface area contributed by atoms with E-state index in [1.54, 1.807) is 36.4 Å². The van der Waals surface area contributed by atoms with E-state index in [0.717, 1.165) is 5.56 Å². The van der Waals surface area contributed by atoms with Gasteiger partial charge in [-0.2, -0.15) is 0 Å². The molecule has 2 aromatic rings. The van der Waals surface area contributed by atoms with Crippen LogP contribution in [0.15, 0.2) is 53.4 Å². The highest BCUT2D eigenvalue weighted by molar-refractivity contribution is 7.89. The largest absolute Gasteiger partial charge is 0.491 e. The van der Waals surface area contributed by atoms with Crippen molar-refractivity contribution in [3.63, 3.8) is 0 Å². The van der Waals surface area contributed by atoms with Gasteiger partial charge in [0, 0.05) is 5.56 Å². The van der Waals surface area contributed by atoms with Crippen LogP contribution in [0.2, 0.25) is 0 Å². The molecule has 0 fully saturated rings. The van der Waals surface area contributed by atoms with Crippen molar-refractivity contribution >= 4 is 15.9 Å². The first-order valence-corrected chi connectivity index (χ1v) is 9.86. The van der Waals surface area contributed by atoms with Gasteiger partial charge in [0.05, 0.1) is 11.0 Å². The van der Waals surface area contributed by atoms with Gasteiger partial charge in [0.1, 0.15) is 5.75 Å². The minimum atomic E-state index is -3.84. The monoisotopic (exact) mass is 376 g/mol. The van der Waals surface area contributed by atoms with Crippen molar-refractivity contribution in [1.82, 2.24) is 10.3 Å². The van der Waals surface area contributed by atoms with Crippen molar-refractivity contribution in [2.75, 3.05) is 0 Å². The van der Waals surface area contributed by atoms with E-state index in [1.165, 1.54) is 12.1 Å². The number of hydrazine groups is 1. The third-order valence-corrected chi connectivity index (χ3v) is 4.91. The van der Waals surface area contributed by atoms with E-state index < -0.39 is 15.9 Å². The average molecular weight is 376 g/mol. The van der Waals surface area contributed by atoms with Crippen LogP contribution < -0.4 is 15.0 Å². The van der Waals surface area contributed by atoms with Crippen molar-refractivity contribution < 1.29 is 17.9 Å². The molecule has 0 aliphatic heterocycles. The summed E-state index contributed by atoms with van der Waals surface area (Å²) in [5, 5.41) is 0. The van der Waals surface area contributed by atoms with Gasteiger partial charge in [-0.15, -0.1) is 4.83 Å². The van der Waals surface area contributed by atoms with E-state index in [1.807, 2.05) is 27.7 Å². The van der Waals surface area contributed by atoms with Crippen LogP contribution in [0.5, 0.6) is 5.75 Å². The smallest absolute Gasteiger partial charge is 0.266 e. The first kappa shape index (κ1) is 19.9. The number of ether oxygens (including phenoxy) is 1. The van der Waals surface area contributed by atoms with Crippen LogP contribution in [-0.2, 0) is 10.0 Å². The molecule has 2 N–H and O–H groups in total. The summed E-state index contributed by atoms with van der Waals surface area (Å²) in [7, 11) is -3.84. The van der Waals surface area contributed by atoms with Gasteiger partial charge < -0.3 is 4.74 Å². The molecule has 140 valence electrons. The van der Waals surface area contributed by atoms with Crippen molar-refractivity contribution in [3.8, 4) is 5.75 Å². The number of sulfonamides is 1. The maximum Gasteiger partial charge on any atom is 0.266 e. The van der Waals surface area contributed by atoms with E-state index in [4.69, 9.17) is 4.74 Å². The van der Waals surface area contributed by atoms with Gasteiger partial charge >= 0.3 is 0 Å². The van der Waals surface area contributed by atoms with E-state index in [2.05, 4.69) is 10.3 Å². The summed E-state index contributed by atoms with van der Waals surface area (Å²) in [6, 6.07) is 13.0. The zero-order valence-corrected chi connectivity index (χ0v) is 16.1. The fourth-order valence-electron chi connectivity index (χ4n) is 2.23. The SMILES string of the molecule is CC(C)Oc1ccc(C(=O)NNS(=O)(=O)c2ccc(C(C)C)cc2)cc1. The first-order chi connectivity index (χ1) is 12.2. The van der Waals surface area contributed by atoms with Crippen molar-refractivity contribution in [2.24, 2.45) is 0 Å². The molecule has 0 aromatic heterocycles. The van der Waals surface area contributed by atoms with E-state index in [9.17, 15) is 13.2 Å². The lowest BCUT2D eigenvalue weighted by Gasteiger charge is -2.11. The Morgan fingerprint density at radius 3 is 2.00 bits per heavy atom. The van der Waals surface area contributed by atoms with Crippen LogP contribution in [-0.4, -0.2) is 20.4 Å². The van der Waals surface area contributed by atoms with E-state index in [0.29, 0.717) is 17.2 Å². The summed E-state index contributed by atoms with van der Waals surface area (Å²) in [5.41, 5.74) is 3.57. The highest BCUT2D eigenvalue weighted by Crippen LogP contribution is 2.17. The molecule has 0 radical (unpaired) electrons. The standard InChI is InChI=1S/C19H24N2O4S/c1-13(2)15-7-11-18(12-8-15)26(23,24)21-20-19(22)16-5-9-17(10-6-16)25-14(3)4/h5-14,21H,1-4H3,(H,20,22). The molecule has 0 saturated carbocycles. The Balaban J connectivity index is 2.01. The van der Waals surface area contributed by atoms with Crippen LogP contribution in [0, 0.1) is 0 Å². The molecule has 0 spiro atoms. The normalized spacial score (nSPS) is 11.6. The predicted octanol–water partition coefficient (Wildman–Crippen LogP) is 3.22. The van der Waals surface area contributed by atoms with Gasteiger partial charge in [-0.1, -0.05) is 26.0 Å². The number of rotatable bonds is 7. The minimum absolute atomic E-state index is 0.0311. The van der Waals surface area contributed by atoms with Crippen LogP contribution >= 0.6 is 0 Å². The van der Waals surface area contributed by atoms with Gasteiger partial charge in [0.2, 0.25) is 0 Å². The third-order valence-electron chi connectivity index (χ3n) is 3.64. The van der Waals surface area contributed by atoms with Crippen LogP contribution in [0.3, 0.4) is 0 Å². The Hall–Kier alpha value is -2.38. The van der Waals surface area contributed by atoms with Crippen LogP contribution in [0.1, 0.15) is 49.5 Å². The summed E-state index contributed by atoms with van der Waals surface area (Å²) in [6.07, 6.45) is 0.0311. The van der Waals surface area contributed by atoms with Crippen molar-refractivity contribution in [2.45, 2.75) is 44.6 Å². The maximum atomic E-state index is 12.3. The number of nitrogens with one attached hydrogen (secondary N) is 2. The van der Waals surface area contributed by atoms with E-state index >= 15 is 0 Å². The topological polar surface area (TPSA) is 84.5 Å². The molecule has 2 aromatic carbocycles. The zero-order chi connectivity index (χ0) is 19.3. The Kier molecular flexibility index (Phi) is 6.39. The zero-order valence-electron chi connectivity index (χ0n) is 15.3. The molecule has 1 amide bonds. The van der Waals surface area contributed by atoms with Gasteiger partial charge in [0.15, 0.2) is 0 Å². The minimum Gasteiger partial charge on any atom is -0.491 e. The Morgan fingerprint density at radius 2 is 1.50 bits per heavy atom. The third kappa shape index (κ3) is 5.31. The second-order valence-corrected chi connectivity index (χ2v) is 8.16. The molecule has 0 saturated heterocycles. The highest BCUT2D eigenvalue weighted by atomic mass is 32.2. The molecule has 26 heavy (non-hydrogen) atoms. The van der Waals surface area contributed by atoms with Crippen LogP contribution in [0.4, 0.5) is 0 Å². The lowest BCUT2D eigenvalue weighted by Crippen LogP contribution is -2.41. The molecule has 0 heterocycles. The maximum absolute atomic E-state index is 12.3. The number of hydrogen-bond donors (Lipinski definition) is 2. The number of amides is 1. The van der Waals surface area contributed by atoms with Gasteiger partial charge in [0.25, 0.3) is 15.9 Å². The number of benzene rings is 2. The summed E-state index contributed by atoms with van der Waals surface area (Å²) in [4.78, 5) is 14.3. The molecule has 2 rings (SSSR count). The lowest BCUT2D eigenvalue weighted by molar-refractivity contribution is 0.0945. The van der Waals surface area contributed by atoms with Crippen molar-refractivity contribution in [1.29, 1.82) is 0 Å². The molecular formula is C19H24N2O4S. The second kappa shape index (κ2) is 8.33.